The summed E-state index contributed by atoms with van der Waals surface area (Å²) in [6.45, 7) is -0.245. The number of rotatable bonds is 4. The van der Waals surface area contributed by atoms with E-state index in [9.17, 15) is 15.0 Å². The number of hydrogen-bond acceptors (Lipinski definition) is 2. The minimum absolute atomic E-state index is 0.0478. The number of aliphatic carboxylic acids is 1. The molecule has 0 heterocycles. The van der Waals surface area contributed by atoms with Crippen LogP contribution in [0.1, 0.15) is 17.5 Å². The number of carbonyl (C=O) groups is 1. The Labute approximate surface area is 123 Å². The summed E-state index contributed by atoms with van der Waals surface area (Å²) in [5.74, 6) is 4.72. The van der Waals surface area contributed by atoms with Gasteiger partial charge in [0.25, 0.3) is 0 Å². The van der Waals surface area contributed by atoms with Crippen molar-refractivity contribution in [2.45, 2.75) is 11.8 Å². The molecule has 1 unspecified atom stereocenters. The van der Waals surface area contributed by atoms with Gasteiger partial charge in [0, 0.05) is 18.6 Å². The van der Waals surface area contributed by atoms with Crippen molar-refractivity contribution < 1.29 is 15.0 Å². The molecule has 0 radical (unpaired) electrons. The molecule has 21 heavy (non-hydrogen) atoms. The molecule has 0 aliphatic heterocycles. The molecular weight excluding hydrogens is 264 g/mol. The van der Waals surface area contributed by atoms with Crippen LogP contribution >= 0.6 is 0 Å². The van der Waals surface area contributed by atoms with E-state index < -0.39 is 11.4 Å². The summed E-state index contributed by atoms with van der Waals surface area (Å²) in [5, 5.41) is 19.0. The topological polar surface area (TPSA) is 57.5 Å². The van der Waals surface area contributed by atoms with Gasteiger partial charge in [-0.25, -0.2) is 0 Å². The van der Waals surface area contributed by atoms with Gasteiger partial charge in [-0.2, -0.15) is 0 Å². The highest BCUT2D eigenvalue weighted by atomic mass is 16.4. The van der Waals surface area contributed by atoms with Crippen LogP contribution < -0.4 is 0 Å². The molecule has 0 amide bonds. The predicted molar refractivity (Wildman–Crippen MR) is 80.8 cm³/mol. The van der Waals surface area contributed by atoms with Crippen molar-refractivity contribution >= 4 is 5.97 Å². The second-order valence-corrected chi connectivity index (χ2v) is 4.67. The number of benzene rings is 2. The Morgan fingerprint density at radius 1 is 1.00 bits per heavy atom. The lowest BCUT2D eigenvalue weighted by atomic mass is 9.78. The second kappa shape index (κ2) is 6.74. The predicted octanol–water partition coefficient (Wildman–Crippen LogP) is 2.44. The fourth-order valence-electron chi connectivity index (χ4n) is 2.15. The molecule has 2 aromatic carbocycles. The lowest BCUT2D eigenvalue weighted by Crippen LogP contribution is -2.35. The number of hydrogen-bond donors (Lipinski definition) is 2. The lowest BCUT2D eigenvalue weighted by Gasteiger charge is -2.23. The van der Waals surface area contributed by atoms with Gasteiger partial charge in [-0.3, -0.25) is 4.79 Å². The van der Waals surface area contributed by atoms with Crippen molar-refractivity contribution in [3.63, 3.8) is 0 Å². The molecule has 0 aromatic heterocycles. The number of aliphatic hydroxyl groups excluding tert-OH is 1. The third-order valence-electron chi connectivity index (χ3n) is 3.31. The van der Waals surface area contributed by atoms with Crippen molar-refractivity contribution in [1.29, 1.82) is 0 Å². The van der Waals surface area contributed by atoms with Crippen LogP contribution in [0.15, 0.2) is 60.7 Å². The maximum atomic E-state index is 11.8. The van der Waals surface area contributed by atoms with Crippen LogP contribution in [0.4, 0.5) is 0 Å². The SMILES string of the molecule is O=C(O)C(C#Cc1ccccc1)(CCO)c1ccccc1. The summed E-state index contributed by atoms with van der Waals surface area (Å²) in [5.41, 5.74) is -0.0711. The largest absolute Gasteiger partial charge is 0.480 e. The van der Waals surface area contributed by atoms with Crippen LogP contribution in [0.2, 0.25) is 0 Å². The van der Waals surface area contributed by atoms with Gasteiger partial charge >= 0.3 is 5.97 Å². The Bertz CT molecular complexity index is 653. The van der Waals surface area contributed by atoms with E-state index in [-0.39, 0.29) is 13.0 Å². The average Bonchev–Trinajstić information content (AvgIpc) is 2.53. The van der Waals surface area contributed by atoms with Crippen LogP contribution in [0, 0.1) is 11.8 Å². The normalized spacial score (nSPS) is 12.8. The Balaban J connectivity index is 2.51. The Hall–Kier alpha value is -2.57. The van der Waals surface area contributed by atoms with E-state index >= 15 is 0 Å². The van der Waals surface area contributed by atoms with Gasteiger partial charge in [0.15, 0.2) is 5.41 Å². The molecule has 106 valence electrons. The van der Waals surface area contributed by atoms with Crippen LogP contribution in [-0.2, 0) is 10.2 Å². The fourth-order valence-corrected chi connectivity index (χ4v) is 2.15. The van der Waals surface area contributed by atoms with E-state index in [1.54, 1.807) is 24.3 Å². The summed E-state index contributed by atoms with van der Waals surface area (Å²) in [4.78, 5) is 11.8. The highest BCUT2D eigenvalue weighted by Crippen LogP contribution is 2.28. The van der Waals surface area contributed by atoms with Gasteiger partial charge in [-0.05, 0) is 17.7 Å². The molecule has 0 aliphatic rings. The van der Waals surface area contributed by atoms with E-state index in [1.165, 1.54) is 0 Å². The molecule has 0 bridgehead atoms. The summed E-state index contributed by atoms with van der Waals surface area (Å²) in [6, 6.07) is 18.0. The van der Waals surface area contributed by atoms with Crippen LogP contribution in [0.3, 0.4) is 0 Å². The molecule has 2 rings (SSSR count). The van der Waals surface area contributed by atoms with Crippen LogP contribution in [0.5, 0.6) is 0 Å². The maximum absolute atomic E-state index is 11.8. The average molecular weight is 280 g/mol. The highest BCUT2D eigenvalue weighted by molar-refractivity contribution is 5.86. The van der Waals surface area contributed by atoms with Gasteiger partial charge in [-0.1, -0.05) is 60.4 Å². The third-order valence-corrected chi connectivity index (χ3v) is 3.31. The quantitative estimate of drug-likeness (QED) is 0.846. The van der Waals surface area contributed by atoms with E-state index in [0.29, 0.717) is 5.56 Å². The zero-order chi connectivity index (χ0) is 15.1. The Morgan fingerprint density at radius 3 is 2.10 bits per heavy atom. The van der Waals surface area contributed by atoms with Crippen LogP contribution in [-0.4, -0.2) is 22.8 Å². The molecule has 0 fully saturated rings. The lowest BCUT2D eigenvalue weighted by molar-refractivity contribution is -0.142. The van der Waals surface area contributed by atoms with Crippen molar-refractivity contribution in [1.82, 2.24) is 0 Å². The first-order valence-corrected chi connectivity index (χ1v) is 6.67. The molecule has 1 atom stereocenters. The molecule has 0 aliphatic carbocycles. The van der Waals surface area contributed by atoms with Gasteiger partial charge in [0.2, 0.25) is 0 Å². The van der Waals surface area contributed by atoms with Gasteiger partial charge < -0.3 is 10.2 Å². The monoisotopic (exact) mass is 280 g/mol. The molecule has 3 heteroatoms. The molecule has 2 N–H and O–H groups in total. The summed E-state index contributed by atoms with van der Waals surface area (Å²) >= 11 is 0. The zero-order valence-electron chi connectivity index (χ0n) is 11.5. The van der Waals surface area contributed by atoms with Crippen molar-refractivity contribution in [2.75, 3.05) is 6.61 Å². The van der Waals surface area contributed by atoms with Gasteiger partial charge in [-0.15, -0.1) is 0 Å². The number of carboxylic acid groups (broad SMARTS) is 1. The van der Waals surface area contributed by atoms with Crippen molar-refractivity contribution in [3.05, 3.63) is 71.8 Å². The van der Waals surface area contributed by atoms with Gasteiger partial charge in [0.05, 0.1) is 0 Å². The zero-order valence-corrected chi connectivity index (χ0v) is 11.5. The second-order valence-electron chi connectivity index (χ2n) is 4.67. The van der Waals surface area contributed by atoms with E-state index in [2.05, 4.69) is 11.8 Å². The first-order chi connectivity index (χ1) is 10.2. The maximum Gasteiger partial charge on any atom is 0.326 e. The molecule has 3 nitrogen and oxygen atoms in total. The van der Waals surface area contributed by atoms with Crippen molar-refractivity contribution in [3.8, 4) is 11.8 Å². The first kappa shape index (κ1) is 14.8. The summed E-state index contributed by atoms with van der Waals surface area (Å²) < 4.78 is 0. The fraction of sp³-hybridized carbons (Fsp3) is 0.167. The van der Waals surface area contributed by atoms with E-state index in [1.807, 2.05) is 36.4 Å². The van der Waals surface area contributed by atoms with E-state index in [0.717, 1.165) is 5.56 Å². The minimum atomic E-state index is -1.40. The van der Waals surface area contributed by atoms with Crippen LogP contribution in [0.25, 0.3) is 0 Å². The summed E-state index contributed by atoms with van der Waals surface area (Å²) in [7, 11) is 0. The minimum Gasteiger partial charge on any atom is -0.480 e. The van der Waals surface area contributed by atoms with Crippen molar-refractivity contribution in [2.24, 2.45) is 0 Å². The standard InChI is InChI=1S/C18H16O3/c19-14-13-18(17(20)21,16-9-5-2-6-10-16)12-11-15-7-3-1-4-8-15/h1-10,19H,13-14H2,(H,20,21). The highest BCUT2D eigenvalue weighted by Gasteiger charge is 2.38. The Kier molecular flexibility index (Phi) is 4.76. The molecule has 0 spiro atoms. The first-order valence-electron chi connectivity index (χ1n) is 6.67. The molecule has 0 saturated carbocycles. The Morgan fingerprint density at radius 2 is 1.57 bits per heavy atom. The molecular formula is C18H16O3. The molecule has 2 aromatic rings. The third kappa shape index (κ3) is 3.31. The number of carboxylic acids is 1. The van der Waals surface area contributed by atoms with Gasteiger partial charge in [0.1, 0.15) is 0 Å². The smallest absolute Gasteiger partial charge is 0.326 e. The summed E-state index contributed by atoms with van der Waals surface area (Å²) in [6.07, 6.45) is 0.0478. The molecule has 0 saturated heterocycles. The number of aliphatic hydroxyl groups is 1. The van der Waals surface area contributed by atoms with E-state index in [4.69, 9.17) is 0 Å².